The summed E-state index contributed by atoms with van der Waals surface area (Å²) in [6, 6.07) is 2.07. The van der Waals surface area contributed by atoms with E-state index in [1.165, 1.54) is 4.88 Å². The Kier molecular flexibility index (Phi) is 4.16. The minimum Gasteiger partial charge on any atom is -0.376 e. The van der Waals surface area contributed by atoms with Crippen LogP contribution in [0.3, 0.4) is 0 Å². The monoisotopic (exact) mass is 372 g/mol. The molecule has 1 aromatic heterocycles. The molecule has 1 nitrogen and oxygen atoms in total. The molecule has 1 aliphatic heterocycles. The van der Waals surface area contributed by atoms with Gasteiger partial charge in [0.15, 0.2) is 0 Å². The zero-order valence-electron chi connectivity index (χ0n) is 8.17. The van der Waals surface area contributed by atoms with E-state index in [-0.39, 0.29) is 10.9 Å². The highest BCUT2D eigenvalue weighted by molar-refractivity contribution is 9.10. The van der Waals surface area contributed by atoms with Crippen LogP contribution in [0, 0.1) is 5.92 Å². The number of ether oxygens (including phenoxy) is 1. The summed E-state index contributed by atoms with van der Waals surface area (Å²) < 4.78 is 7.51. The number of alkyl halides is 1. The number of hydrogen-bond donors (Lipinski definition) is 0. The molecule has 3 atom stereocenters. The van der Waals surface area contributed by atoms with Crippen LogP contribution in [-0.4, -0.2) is 12.7 Å². The van der Waals surface area contributed by atoms with Gasteiger partial charge in [-0.2, -0.15) is 0 Å². The fraction of sp³-hybridized carbons (Fsp3) is 0.600. The van der Waals surface area contributed by atoms with Gasteiger partial charge in [0.2, 0.25) is 0 Å². The lowest BCUT2D eigenvalue weighted by atomic mass is 10.0. The van der Waals surface area contributed by atoms with Gasteiger partial charge in [-0.3, -0.25) is 0 Å². The van der Waals surface area contributed by atoms with E-state index < -0.39 is 0 Å². The van der Waals surface area contributed by atoms with Gasteiger partial charge >= 0.3 is 0 Å². The normalized spacial score (nSPS) is 28.3. The number of hydrogen-bond acceptors (Lipinski definition) is 2. The molecule has 3 unspecified atom stereocenters. The first kappa shape index (κ1) is 12.4. The Labute approximate surface area is 115 Å². The van der Waals surface area contributed by atoms with Crippen LogP contribution in [0.4, 0.5) is 0 Å². The van der Waals surface area contributed by atoms with Crippen molar-refractivity contribution in [3.05, 3.63) is 19.8 Å². The largest absolute Gasteiger partial charge is 0.376 e. The SMILES string of the molecule is CC1CCOC1C(Br)c1cc(Br)c(Cl)s1. The summed E-state index contributed by atoms with van der Waals surface area (Å²) in [5, 5.41) is 0. The molecule has 0 radical (unpaired) electrons. The molecule has 1 aliphatic rings. The molecular weight excluding hydrogens is 363 g/mol. The summed E-state index contributed by atoms with van der Waals surface area (Å²) in [5.74, 6) is 0.606. The molecule has 1 aromatic rings. The van der Waals surface area contributed by atoms with Crippen LogP contribution in [0.2, 0.25) is 4.34 Å². The Morgan fingerprint density at radius 2 is 2.40 bits per heavy atom. The molecule has 84 valence electrons. The molecular formula is C10H11Br2ClOS. The van der Waals surface area contributed by atoms with E-state index in [1.807, 2.05) is 0 Å². The third kappa shape index (κ3) is 2.60. The van der Waals surface area contributed by atoms with Gasteiger partial charge in [0.25, 0.3) is 0 Å². The van der Waals surface area contributed by atoms with Crippen LogP contribution < -0.4 is 0 Å². The fourth-order valence-corrected chi connectivity index (χ4v) is 4.59. The van der Waals surface area contributed by atoms with E-state index in [0.717, 1.165) is 21.8 Å². The highest BCUT2D eigenvalue weighted by Gasteiger charge is 2.32. The van der Waals surface area contributed by atoms with Crippen molar-refractivity contribution in [2.45, 2.75) is 24.3 Å². The number of halogens is 3. The zero-order valence-corrected chi connectivity index (χ0v) is 12.9. The maximum atomic E-state index is 6.03. The van der Waals surface area contributed by atoms with Crippen LogP contribution in [0.25, 0.3) is 0 Å². The molecule has 5 heteroatoms. The van der Waals surface area contributed by atoms with Crippen molar-refractivity contribution < 1.29 is 4.74 Å². The van der Waals surface area contributed by atoms with E-state index in [2.05, 4.69) is 44.8 Å². The topological polar surface area (TPSA) is 9.23 Å². The highest BCUT2D eigenvalue weighted by Crippen LogP contribution is 2.43. The van der Waals surface area contributed by atoms with Crippen LogP contribution in [0.5, 0.6) is 0 Å². The van der Waals surface area contributed by atoms with Crippen molar-refractivity contribution in [2.75, 3.05) is 6.61 Å². The van der Waals surface area contributed by atoms with Gasteiger partial charge in [0, 0.05) is 16.0 Å². The first-order valence-corrected chi connectivity index (χ1v) is 7.70. The van der Waals surface area contributed by atoms with Gasteiger partial charge in [0.1, 0.15) is 4.34 Å². The molecule has 0 N–H and O–H groups in total. The maximum Gasteiger partial charge on any atom is 0.107 e. The molecule has 0 bridgehead atoms. The molecule has 15 heavy (non-hydrogen) atoms. The number of thiophene rings is 1. The van der Waals surface area contributed by atoms with Crippen molar-refractivity contribution in [3.63, 3.8) is 0 Å². The van der Waals surface area contributed by atoms with E-state index in [1.54, 1.807) is 11.3 Å². The van der Waals surface area contributed by atoms with Gasteiger partial charge in [-0.25, -0.2) is 0 Å². The Morgan fingerprint density at radius 3 is 2.87 bits per heavy atom. The summed E-state index contributed by atoms with van der Waals surface area (Å²) in [4.78, 5) is 1.48. The molecule has 1 fully saturated rings. The Bertz CT molecular complexity index is 336. The fourth-order valence-electron chi connectivity index (χ4n) is 1.75. The van der Waals surface area contributed by atoms with Gasteiger partial charge < -0.3 is 4.74 Å². The predicted molar refractivity (Wildman–Crippen MR) is 72.2 cm³/mol. The Hall–Kier alpha value is 0.910. The Morgan fingerprint density at radius 1 is 1.67 bits per heavy atom. The molecule has 0 spiro atoms. The second-order valence-electron chi connectivity index (χ2n) is 3.77. The smallest absolute Gasteiger partial charge is 0.107 e. The molecule has 0 amide bonds. The Balaban J connectivity index is 2.16. The lowest BCUT2D eigenvalue weighted by molar-refractivity contribution is 0.0941. The van der Waals surface area contributed by atoms with E-state index in [4.69, 9.17) is 16.3 Å². The number of rotatable bonds is 2. The average molecular weight is 375 g/mol. The van der Waals surface area contributed by atoms with E-state index in [9.17, 15) is 0 Å². The average Bonchev–Trinajstić information content (AvgIpc) is 2.74. The van der Waals surface area contributed by atoms with Gasteiger partial charge in [-0.1, -0.05) is 34.5 Å². The van der Waals surface area contributed by atoms with Gasteiger partial charge in [0.05, 0.1) is 10.9 Å². The second kappa shape index (κ2) is 5.05. The minimum atomic E-state index is 0.254. The van der Waals surface area contributed by atoms with E-state index in [0.29, 0.717) is 5.92 Å². The van der Waals surface area contributed by atoms with Crippen molar-refractivity contribution in [1.29, 1.82) is 0 Å². The van der Waals surface area contributed by atoms with Crippen LogP contribution in [0.1, 0.15) is 23.0 Å². The first-order valence-electron chi connectivity index (χ1n) is 4.80. The summed E-state index contributed by atoms with van der Waals surface area (Å²) in [5.41, 5.74) is 0. The lowest BCUT2D eigenvalue weighted by Gasteiger charge is -2.19. The zero-order chi connectivity index (χ0) is 11.0. The van der Waals surface area contributed by atoms with E-state index >= 15 is 0 Å². The van der Waals surface area contributed by atoms with Crippen LogP contribution in [0.15, 0.2) is 10.5 Å². The lowest BCUT2D eigenvalue weighted by Crippen LogP contribution is -2.18. The van der Waals surface area contributed by atoms with Crippen molar-refractivity contribution in [2.24, 2.45) is 5.92 Å². The third-order valence-electron chi connectivity index (χ3n) is 2.67. The van der Waals surface area contributed by atoms with Crippen molar-refractivity contribution in [1.82, 2.24) is 0 Å². The van der Waals surface area contributed by atoms with Crippen molar-refractivity contribution in [3.8, 4) is 0 Å². The van der Waals surface area contributed by atoms with Gasteiger partial charge in [-0.05, 0) is 34.3 Å². The quantitative estimate of drug-likeness (QED) is 0.660. The standard InChI is InChI=1S/C10H11Br2ClOS/c1-5-2-3-14-9(5)8(12)7-4-6(11)10(13)15-7/h4-5,8-9H,2-3H2,1H3. The first-order chi connectivity index (χ1) is 7.09. The molecule has 2 heterocycles. The molecule has 0 saturated carbocycles. The second-order valence-corrected chi connectivity index (χ2v) is 7.30. The molecule has 1 saturated heterocycles. The molecule has 0 aliphatic carbocycles. The third-order valence-corrected chi connectivity index (χ3v) is 6.54. The maximum absolute atomic E-state index is 6.03. The van der Waals surface area contributed by atoms with Crippen LogP contribution >= 0.6 is 54.8 Å². The summed E-state index contributed by atoms with van der Waals surface area (Å²) in [6.45, 7) is 3.10. The summed E-state index contributed by atoms with van der Waals surface area (Å²) >= 11 is 14.8. The summed E-state index contributed by atoms with van der Waals surface area (Å²) in [6.07, 6.45) is 1.42. The van der Waals surface area contributed by atoms with Crippen molar-refractivity contribution >= 4 is 54.8 Å². The van der Waals surface area contributed by atoms with Crippen LogP contribution in [-0.2, 0) is 4.74 Å². The molecule has 2 rings (SSSR count). The molecule has 0 aromatic carbocycles. The minimum absolute atomic E-state index is 0.254. The summed E-state index contributed by atoms with van der Waals surface area (Å²) in [7, 11) is 0. The highest BCUT2D eigenvalue weighted by atomic mass is 79.9. The van der Waals surface area contributed by atoms with Gasteiger partial charge in [-0.15, -0.1) is 11.3 Å². The predicted octanol–water partition coefficient (Wildman–Crippen LogP) is 5.03.